The minimum atomic E-state index is 0.0158. The van der Waals surface area contributed by atoms with Crippen LogP contribution >= 0.6 is 0 Å². The molecule has 3 heteroatoms. The predicted octanol–water partition coefficient (Wildman–Crippen LogP) is 3.82. The number of anilines is 1. The van der Waals surface area contributed by atoms with Crippen LogP contribution in [0.1, 0.15) is 43.0 Å². The van der Waals surface area contributed by atoms with Gasteiger partial charge < -0.3 is 5.32 Å². The molecule has 0 bridgehead atoms. The summed E-state index contributed by atoms with van der Waals surface area (Å²) in [6.45, 7) is 1.54. The van der Waals surface area contributed by atoms with E-state index in [-0.39, 0.29) is 17.6 Å². The average molecular weight is 283 g/mol. The highest BCUT2D eigenvalue weighted by Crippen LogP contribution is 2.51. The Kier molecular flexibility index (Phi) is 3.91. The van der Waals surface area contributed by atoms with Crippen molar-refractivity contribution in [3.63, 3.8) is 0 Å². The number of allylic oxidation sites excluding steroid dienone is 2. The Bertz CT molecular complexity index is 591. The van der Waals surface area contributed by atoms with E-state index in [1.165, 1.54) is 19.8 Å². The Morgan fingerprint density at radius 2 is 2.10 bits per heavy atom. The lowest BCUT2D eigenvalue weighted by atomic mass is 10.1. The van der Waals surface area contributed by atoms with E-state index in [2.05, 4.69) is 17.5 Å². The first-order valence-corrected chi connectivity index (χ1v) is 7.75. The van der Waals surface area contributed by atoms with Gasteiger partial charge in [-0.2, -0.15) is 0 Å². The lowest BCUT2D eigenvalue weighted by molar-refractivity contribution is -0.117. The standard InChI is InChI=1S/C18H21NO2/c1-12(20)13-7-6-8-14(11-13)19-18(21)17-15-9-4-2-3-5-10-16(15)17/h4,6-9,11,15-17H,2-3,5,10H2,1H3,(H,19,21)/b9-4-/t15-,16+,17-/m0/s1. The van der Waals surface area contributed by atoms with E-state index in [0.717, 1.165) is 18.5 Å². The average Bonchev–Trinajstić information content (AvgIpc) is 3.10. The predicted molar refractivity (Wildman–Crippen MR) is 83.2 cm³/mol. The molecule has 3 rings (SSSR count). The number of rotatable bonds is 3. The summed E-state index contributed by atoms with van der Waals surface area (Å²) < 4.78 is 0. The van der Waals surface area contributed by atoms with Gasteiger partial charge in [0.25, 0.3) is 0 Å². The Balaban J connectivity index is 1.67. The fraction of sp³-hybridized carbons (Fsp3) is 0.444. The number of hydrogen-bond donors (Lipinski definition) is 1. The third-order valence-corrected chi connectivity index (χ3v) is 4.59. The van der Waals surface area contributed by atoms with E-state index in [1.807, 2.05) is 12.1 Å². The van der Waals surface area contributed by atoms with Gasteiger partial charge in [0.15, 0.2) is 5.78 Å². The molecule has 0 heterocycles. The molecule has 2 aliphatic rings. The summed E-state index contributed by atoms with van der Waals surface area (Å²) in [6, 6.07) is 7.17. The fourth-order valence-electron chi connectivity index (χ4n) is 3.34. The first-order chi connectivity index (χ1) is 10.2. The molecule has 2 aliphatic carbocycles. The zero-order valence-electron chi connectivity index (χ0n) is 12.3. The van der Waals surface area contributed by atoms with Crippen molar-refractivity contribution < 1.29 is 9.59 Å². The highest BCUT2D eigenvalue weighted by molar-refractivity contribution is 5.98. The smallest absolute Gasteiger partial charge is 0.228 e. The van der Waals surface area contributed by atoms with Gasteiger partial charge in [-0.15, -0.1) is 0 Å². The van der Waals surface area contributed by atoms with E-state index in [4.69, 9.17) is 0 Å². The summed E-state index contributed by atoms with van der Waals surface area (Å²) in [5, 5.41) is 2.97. The molecule has 0 unspecified atom stereocenters. The number of nitrogens with one attached hydrogen (secondary N) is 1. The van der Waals surface area contributed by atoms with Crippen molar-refractivity contribution >= 4 is 17.4 Å². The summed E-state index contributed by atoms with van der Waals surface area (Å²) >= 11 is 0. The van der Waals surface area contributed by atoms with Gasteiger partial charge >= 0.3 is 0 Å². The quantitative estimate of drug-likeness (QED) is 0.677. The molecule has 1 fully saturated rings. The van der Waals surface area contributed by atoms with Crippen molar-refractivity contribution in [2.24, 2.45) is 17.8 Å². The van der Waals surface area contributed by atoms with Gasteiger partial charge in [0.2, 0.25) is 5.91 Å². The van der Waals surface area contributed by atoms with Crippen LogP contribution in [0.5, 0.6) is 0 Å². The molecular weight excluding hydrogens is 262 g/mol. The minimum absolute atomic E-state index is 0.0158. The second-order valence-electron chi connectivity index (χ2n) is 6.11. The molecule has 1 amide bonds. The monoisotopic (exact) mass is 283 g/mol. The van der Waals surface area contributed by atoms with Crippen LogP contribution < -0.4 is 5.32 Å². The molecule has 1 saturated carbocycles. The molecule has 0 radical (unpaired) electrons. The van der Waals surface area contributed by atoms with Crippen molar-refractivity contribution in [1.82, 2.24) is 0 Å². The summed E-state index contributed by atoms with van der Waals surface area (Å²) in [4.78, 5) is 23.8. The third-order valence-electron chi connectivity index (χ3n) is 4.59. The van der Waals surface area contributed by atoms with Crippen LogP contribution in [0.3, 0.4) is 0 Å². The molecule has 3 atom stereocenters. The second-order valence-corrected chi connectivity index (χ2v) is 6.11. The molecule has 1 N–H and O–H groups in total. The second kappa shape index (κ2) is 5.84. The van der Waals surface area contributed by atoms with Gasteiger partial charge in [-0.05, 0) is 50.2 Å². The van der Waals surface area contributed by atoms with E-state index in [1.54, 1.807) is 12.1 Å². The zero-order chi connectivity index (χ0) is 14.8. The number of benzene rings is 1. The van der Waals surface area contributed by atoms with Crippen LogP contribution in [0.4, 0.5) is 5.69 Å². The molecule has 110 valence electrons. The number of amides is 1. The first kappa shape index (κ1) is 14.1. The van der Waals surface area contributed by atoms with E-state index < -0.39 is 0 Å². The Morgan fingerprint density at radius 3 is 2.90 bits per heavy atom. The first-order valence-electron chi connectivity index (χ1n) is 7.75. The van der Waals surface area contributed by atoms with Crippen LogP contribution in [-0.4, -0.2) is 11.7 Å². The topological polar surface area (TPSA) is 46.2 Å². The summed E-state index contributed by atoms with van der Waals surface area (Å²) in [5.41, 5.74) is 1.35. The third kappa shape index (κ3) is 3.07. The molecule has 1 aromatic rings. The fourth-order valence-corrected chi connectivity index (χ4v) is 3.34. The summed E-state index contributed by atoms with van der Waals surface area (Å²) in [7, 11) is 0. The molecule has 0 aliphatic heterocycles. The lowest BCUT2D eigenvalue weighted by Gasteiger charge is -2.06. The molecule has 21 heavy (non-hydrogen) atoms. The van der Waals surface area contributed by atoms with Crippen LogP contribution in [-0.2, 0) is 4.79 Å². The van der Waals surface area contributed by atoms with Crippen molar-refractivity contribution in [2.75, 3.05) is 5.32 Å². The van der Waals surface area contributed by atoms with Gasteiger partial charge in [0.05, 0.1) is 0 Å². The highest BCUT2D eigenvalue weighted by atomic mass is 16.2. The van der Waals surface area contributed by atoms with Gasteiger partial charge in [-0.3, -0.25) is 9.59 Å². The lowest BCUT2D eigenvalue weighted by Crippen LogP contribution is -2.15. The maximum atomic E-state index is 12.4. The van der Waals surface area contributed by atoms with Crippen molar-refractivity contribution in [3.05, 3.63) is 42.0 Å². The maximum absolute atomic E-state index is 12.4. The maximum Gasteiger partial charge on any atom is 0.228 e. The van der Waals surface area contributed by atoms with Crippen molar-refractivity contribution in [3.8, 4) is 0 Å². The molecule has 0 saturated heterocycles. The Morgan fingerprint density at radius 1 is 1.24 bits per heavy atom. The van der Waals surface area contributed by atoms with Gasteiger partial charge in [-0.1, -0.05) is 30.7 Å². The van der Waals surface area contributed by atoms with E-state index >= 15 is 0 Å². The van der Waals surface area contributed by atoms with E-state index in [0.29, 0.717) is 17.4 Å². The van der Waals surface area contributed by atoms with Crippen molar-refractivity contribution in [1.29, 1.82) is 0 Å². The highest BCUT2D eigenvalue weighted by Gasteiger charge is 2.52. The van der Waals surface area contributed by atoms with Gasteiger partial charge in [0, 0.05) is 17.2 Å². The summed E-state index contributed by atoms with van der Waals surface area (Å²) in [5.74, 6) is 1.15. The van der Waals surface area contributed by atoms with Crippen LogP contribution in [0.15, 0.2) is 36.4 Å². The van der Waals surface area contributed by atoms with Crippen LogP contribution in [0, 0.1) is 17.8 Å². The number of carbonyl (C=O) groups excluding carboxylic acids is 2. The normalized spacial score (nSPS) is 28.7. The van der Waals surface area contributed by atoms with E-state index in [9.17, 15) is 9.59 Å². The number of ketones is 1. The SMILES string of the molecule is CC(=O)c1cccc(NC(=O)[C@H]2[C@H]3/C=C\CCCC[C@H]32)c1. The molecule has 1 aromatic carbocycles. The Labute approximate surface area is 125 Å². The van der Waals surface area contributed by atoms with Crippen molar-refractivity contribution in [2.45, 2.75) is 32.6 Å². The largest absolute Gasteiger partial charge is 0.326 e. The van der Waals surface area contributed by atoms with Gasteiger partial charge in [-0.25, -0.2) is 0 Å². The van der Waals surface area contributed by atoms with Gasteiger partial charge in [0.1, 0.15) is 0 Å². The number of hydrogen-bond acceptors (Lipinski definition) is 2. The molecule has 0 aromatic heterocycles. The number of fused-ring (bicyclic) bond motifs is 1. The molecule has 0 spiro atoms. The minimum Gasteiger partial charge on any atom is -0.326 e. The summed E-state index contributed by atoms with van der Waals surface area (Å²) in [6.07, 6.45) is 9.18. The number of carbonyl (C=O) groups is 2. The molecular formula is C18H21NO2. The number of Topliss-reactive ketones (excluding diaryl/α,β-unsaturated/α-hetero) is 1. The molecule has 3 nitrogen and oxygen atoms in total. The zero-order valence-corrected chi connectivity index (χ0v) is 12.3. The van der Waals surface area contributed by atoms with Crippen LogP contribution in [0.2, 0.25) is 0 Å². The Hall–Kier alpha value is -1.90. The van der Waals surface area contributed by atoms with Crippen LogP contribution in [0.25, 0.3) is 0 Å².